The van der Waals surface area contributed by atoms with Gasteiger partial charge in [0, 0.05) is 5.92 Å². The first-order chi connectivity index (χ1) is 11.2. The molecule has 0 N–H and O–H groups in total. The Morgan fingerprint density at radius 2 is 1.43 bits per heavy atom. The van der Waals surface area contributed by atoms with Crippen LogP contribution in [0, 0.1) is 0 Å². The monoisotopic (exact) mass is 374 g/mol. The van der Waals surface area contributed by atoms with Gasteiger partial charge in [-0.2, -0.15) is 0 Å². The van der Waals surface area contributed by atoms with E-state index >= 15 is 0 Å². The van der Waals surface area contributed by atoms with Crippen molar-refractivity contribution in [3.05, 3.63) is 71.8 Å². The number of carbonyl (C=O) groups is 2. The molecule has 0 spiro atoms. The van der Waals surface area contributed by atoms with Crippen molar-refractivity contribution in [1.29, 1.82) is 0 Å². The molecule has 2 aromatic carbocycles. The largest absolute Gasteiger partial charge is 0.465 e. The number of ketones is 1. The van der Waals surface area contributed by atoms with Gasteiger partial charge in [-0.25, -0.2) is 0 Å². The lowest BCUT2D eigenvalue weighted by molar-refractivity contribution is -0.145. The SMILES string of the molecule is O=C(CBr)CC(=O)OCCC(c1ccccc1)c1ccccc1. The van der Waals surface area contributed by atoms with Crippen LogP contribution in [0.2, 0.25) is 0 Å². The summed E-state index contributed by atoms with van der Waals surface area (Å²) in [5, 5.41) is 0.179. The molecule has 0 aliphatic rings. The van der Waals surface area contributed by atoms with Crippen molar-refractivity contribution in [3.63, 3.8) is 0 Å². The average molecular weight is 375 g/mol. The maximum Gasteiger partial charge on any atom is 0.313 e. The second-order valence-electron chi connectivity index (χ2n) is 5.23. The molecule has 0 bridgehead atoms. The molecule has 0 aliphatic heterocycles. The fraction of sp³-hybridized carbons (Fsp3) is 0.263. The van der Waals surface area contributed by atoms with E-state index in [1.165, 1.54) is 11.1 Å². The topological polar surface area (TPSA) is 43.4 Å². The Labute approximate surface area is 144 Å². The highest BCUT2D eigenvalue weighted by molar-refractivity contribution is 9.09. The van der Waals surface area contributed by atoms with E-state index in [9.17, 15) is 9.59 Å². The zero-order valence-corrected chi connectivity index (χ0v) is 14.4. The number of Topliss-reactive ketones (excluding diaryl/α,β-unsaturated/α-hetero) is 1. The van der Waals surface area contributed by atoms with Gasteiger partial charge in [0.15, 0.2) is 5.78 Å². The zero-order valence-electron chi connectivity index (χ0n) is 12.8. The van der Waals surface area contributed by atoms with Gasteiger partial charge >= 0.3 is 5.97 Å². The second-order valence-corrected chi connectivity index (χ2v) is 5.79. The smallest absolute Gasteiger partial charge is 0.313 e. The molecule has 0 atom stereocenters. The predicted octanol–water partition coefficient (Wildman–Crippen LogP) is 4.11. The summed E-state index contributed by atoms with van der Waals surface area (Å²) in [4.78, 5) is 22.8. The summed E-state index contributed by atoms with van der Waals surface area (Å²) in [6.45, 7) is 0.294. The molecule has 0 amide bonds. The summed E-state index contributed by atoms with van der Waals surface area (Å²) >= 11 is 3.04. The molecule has 0 aromatic heterocycles. The van der Waals surface area contributed by atoms with Crippen LogP contribution in [0.3, 0.4) is 0 Å². The molecule has 120 valence electrons. The van der Waals surface area contributed by atoms with Crippen LogP contribution in [0.25, 0.3) is 0 Å². The zero-order chi connectivity index (χ0) is 16.5. The molecule has 3 nitrogen and oxygen atoms in total. The number of benzene rings is 2. The fourth-order valence-electron chi connectivity index (χ4n) is 2.45. The van der Waals surface area contributed by atoms with E-state index in [2.05, 4.69) is 40.2 Å². The summed E-state index contributed by atoms with van der Waals surface area (Å²) in [5.41, 5.74) is 2.37. The summed E-state index contributed by atoms with van der Waals surface area (Å²) in [6, 6.07) is 20.3. The third-order valence-electron chi connectivity index (χ3n) is 3.56. The van der Waals surface area contributed by atoms with Gasteiger partial charge in [0.25, 0.3) is 0 Å². The van der Waals surface area contributed by atoms with Crippen molar-refractivity contribution in [3.8, 4) is 0 Å². The minimum Gasteiger partial charge on any atom is -0.465 e. The van der Waals surface area contributed by atoms with Gasteiger partial charge in [-0.15, -0.1) is 0 Å². The van der Waals surface area contributed by atoms with Crippen LogP contribution in [0.4, 0.5) is 0 Å². The van der Waals surface area contributed by atoms with Crippen molar-refractivity contribution in [2.75, 3.05) is 11.9 Å². The van der Waals surface area contributed by atoms with Crippen LogP contribution in [0.5, 0.6) is 0 Å². The van der Waals surface area contributed by atoms with E-state index in [1.54, 1.807) is 0 Å². The second kappa shape index (κ2) is 9.26. The van der Waals surface area contributed by atoms with Crippen LogP contribution in [0.15, 0.2) is 60.7 Å². The maximum atomic E-state index is 11.6. The quantitative estimate of drug-likeness (QED) is 0.396. The van der Waals surface area contributed by atoms with Crippen LogP contribution in [0.1, 0.15) is 29.9 Å². The van der Waals surface area contributed by atoms with Gasteiger partial charge in [0.1, 0.15) is 6.42 Å². The number of halogens is 1. The van der Waals surface area contributed by atoms with Crippen LogP contribution in [-0.4, -0.2) is 23.7 Å². The van der Waals surface area contributed by atoms with Gasteiger partial charge in [-0.05, 0) is 17.5 Å². The summed E-state index contributed by atoms with van der Waals surface area (Å²) in [5.74, 6) is -0.468. The Morgan fingerprint density at radius 1 is 0.913 bits per heavy atom. The Hall–Kier alpha value is -1.94. The summed E-state index contributed by atoms with van der Waals surface area (Å²) < 4.78 is 5.21. The van der Waals surface area contributed by atoms with Gasteiger partial charge in [-0.3, -0.25) is 9.59 Å². The molecule has 4 heteroatoms. The van der Waals surface area contributed by atoms with Gasteiger partial charge in [-0.1, -0.05) is 76.6 Å². The Morgan fingerprint density at radius 3 is 1.91 bits per heavy atom. The van der Waals surface area contributed by atoms with E-state index in [0.717, 1.165) is 0 Å². The molecule has 0 aliphatic carbocycles. The summed E-state index contributed by atoms with van der Waals surface area (Å²) in [6.07, 6.45) is 0.509. The first-order valence-electron chi connectivity index (χ1n) is 7.54. The molecule has 0 heterocycles. The van der Waals surface area contributed by atoms with Crippen molar-refractivity contribution in [2.45, 2.75) is 18.8 Å². The molecule has 23 heavy (non-hydrogen) atoms. The van der Waals surface area contributed by atoms with E-state index < -0.39 is 5.97 Å². The van der Waals surface area contributed by atoms with E-state index in [0.29, 0.717) is 13.0 Å². The Bertz CT molecular complexity index is 586. The Balaban J connectivity index is 1.99. The van der Waals surface area contributed by atoms with E-state index in [1.807, 2.05) is 36.4 Å². The number of hydrogen-bond donors (Lipinski definition) is 0. The third-order valence-corrected chi connectivity index (χ3v) is 4.19. The lowest BCUT2D eigenvalue weighted by Crippen LogP contribution is -2.14. The van der Waals surface area contributed by atoms with Gasteiger partial charge in [0.2, 0.25) is 0 Å². The van der Waals surface area contributed by atoms with E-state index in [-0.39, 0.29) is 23.5 Å². The van der Waals surface area contributed by atoms with Crippen LogP contribution in [-0.2, 0) is 14.3 Å². The number of rotatable bonds is 8. The lowest BCUT2D eigenvalue weighted by atomic mass is 9.89. The first-order valence-corrected chi connectivity index (χ1v) is 8.66. The fourth-order valence-corrected chi connectivity index (χ4v) is 2.64. The first kappa shape index (κ1) is 17.4. The minimum atomic E-state index is -0.464. The molecular weight excluding hydrogens is 356 g/mol. The molecular formula is C19H19BrO3. The average Bonchev–Trinajstić information content (AvgIpc) is 2.60. The standard InChI is InChI=1S/C19H19BrO3/c20-14-17(21)13-19(22)23-12-11-18(15-7-3-1-4-8-15)16-9-5-2-6-10-16/h1-10,18H,11-14H2. The molecule has 0 fully saturated rings. The Kier molecular flexibility index (Phi) is 7.01. The summed E-state index contributed by atoms with van der Waals surface area (Å²) in [7, 11) is 0. The molecule has 2 aromatic rings. The molecule has 0 saturated heterocycles. The number of esters is 1. The third kappa shape index (κ3) is 5.64. The maximum absolute atomic E-state index is 11.6. The lowest BCUT2D eigenvalue weighted by Gasteiger charge is -2.18. The number of hydrogen-bond acceptors (Lipinski definition) is 3. The highest BCUT2D eigenvalue weighted by Crippen LogP contribution is 2.27. The van der Waals surface area contributed by atoms with Crippen LogP contribution >= 0.6 is 15.9 Å². The normalized spacial score (nSPS) is 10.5. The molecule has 0 radical (unpaired) electrons. The van der Waals surface area contributed by atoms with Gasteiger partial charge in [0.05, 0.1) is 11.9 Å². The van der Waals surface area contributed by atoms with Crippen molar-refractivity contribution < 1.29 is 14.3 Å². The molecule has 2 rings (SSSR count). The van der Waals surface area contributed by atoms with Gasteiger partial charge < -0.3 is 4.74 Å². The van der Waals surface area contributed by atoms with Crippen molar-refractivity contribution in [1.82, 2.24) is 0 Å². The van der Waals surface area contributed by atoms with Crippen LogP contribution < -0.4 is 0 Å². The molecule has 0 unspecified atom stereocenters. The predicted molar refractivity (Wildman–Crippen MR) is 93.7 cm³/mol. The van der Waals surface area contributed by atoms with Crippen molar-refractivity contribution in [2.24, 2.45) is 0 Å². The number of alkyl halides is 1. The molecule has 0 saturated carbocycles. The number of ether oxygens (including phenoxy) is 1. The van der Waals surface area contributed by atoms with E-state index in [4.69, 9.17) is 4.74 Å². The highest BCUT2D eigenvalue weighted by Gasteiger charge is 2.15. The van der Waals surface area contributed by atoms with Crippen molar-refractivity contribution >= 4 is 27.7 Å². The minimum absolute atomic E-state index is 0.164. The highest BCUT2D eigenvalue weighted by atomic mass is 79.9. The number of carbonyl (C=O) groups excluding carboxylic acids is 2.